The average molecular weight is 277 g/mol. The fourth-order valence-corrected chi connectivity index (χ4v) is 2.77. The number of hydrogen-bond acceptors (Lipinski definition) is 3. The molecule has 0 atom stereocenters. The van der Waals surface area contributed by atoms with Crippen molar-refractivity contribution >= 4 is 5.91 Å². The van der Waals surface area contributed by atoms with Crippen LogP contribution in [0.4, 0.5) is 0 Å². The summed E-state index contributed by atoms with van der Waals surface area (Å²) in [6.07, 6.45) is 4.48. The van der Waals surface area contributed by atoms with E-state index in [0.29, 0.717) is 11.6 Å². The standard InChI is InChI=1S/C15H23N3O2/c1-3-8-18(12-4-6-16-7-5-12)15(20)13-10-17-14(19)9-11(13)2/h9-10,12,16H,3-8H2,1-2H3,(H,17,19). The molecule has 0 unspecified atom stereocenters. The van der Waals surface area contributed by atoms with Gasteiger partial charge in [0.25, 0.3) is 5.91 Å². The highest BCUT2D eigenvalue weighted by Gasteiger charge is 2.26. The number of piperidine rings is 1. The number of aryl methyl sites for hydroxylation is 1. The van der Waals surface area contributed by atoms with Crippen LogP contribution in [-0.2, 0) is 0 Å². The molecule has 1 aromatic heterocycles. The Hall–Kier alpha value is -1.62. The molecule has 2 N–H and O–H groups in total. The topological polar surface area (TPSA) is 65.2 Å². The van der Waals surface area contributed by atoms with Gasteiger partial charge in [0.05, 0.1) is 5.56 Å². The zero-order valence-corrected chi connectivity index (χ0v) is 12.2. The van der Waals surface area contributed by atoms with Crippen LogP contribution < -0.4 is 10.9 Å². The van der Waals surface area contributed by atoms with E-state index in [9.17, 15) is 9.59 Å². The first-order valence-corrected chi connectivity index (χ1v) is 7.34. The Balaban J connectivity index is 2.23. The van der Waals surface area contributed by atoms with E-state index in [1.165, 1.54) is 6.07 Å². The number of H-pyrrole nitrogens is 1. The van der Waals surface area contributed by atoms with E-state index in [2.05, 4.69) is 17.2 Å². The SMILES string of the molecule is CCCN(C(=O)c1c[nH]c(=O)cc1C)C1CCNCC1. The van der Waals surface area contributed by atoms with Crippen molar-refractivity contribution in [1.82, 2.24) is 15.2 Å². The lowest BCUT2D eigenvalue weighted by Gasteiger charge is -2.34. The van der Waals surface area contributed by atoms with Crippen LogP contribution in [0.15, 0.2) is 17.1 Å². The van der Waals surface area contributed by atoms with Crippen molar-refractivity contribution in [2.45, 2.75) is 39.2 Å². The van der Waals surface area contributed by atoms with Gasteiger partial charge in [0, 0.05) is 24.8 Å². The van der Waals surface area contributed by atoms with Crippen LogP contribution in [-0.4, -0.2) is 41.5 Å². The summed E-state index contributed by atoms with van der Waals surface area (Å²) in [6.45, 7) is 6.59. The third-order valence-corrected chi connectivity index (χ3v) is 3.84. The van der Waals surface area contributed by atoms with Crippen molar-refractivity contribution in [2.75, 3.05) is 19.6 Å². The molecule has 0 spiro atoms. The zero-order chi connectivity index (χ0) is 14.5. The Bertz CT molecular complexity index is 518. The number of rotatable bonds is 4. The van der Waals surface area contributed by atoms with Crippen LogP contribution in [0.1, 0.15) is 42.1 Å². The van der Waals surface area contributed by atoms with Gasteiger partial charge in [-0.15, -0.1) is 0 Å². The maximum absolute atomic E-state index is 12.7. The normalized spacial score (nSPS) is 16.1. The number of carbonyl (C=O) groups is 1. The summed E-state index contributed by atoms with van der Waals surface area (Å²) in [5.41, 5.74) is 1.19. The van der Waals surface area contributed by atoms with E-state index >= 15 is 0 Å². The van der Waals surface area contributed by atoms with Gasteiger partial charge in [0.1, 0.15) is 0 Å². The molecule has 1 aliphatic rings. The summed E-state index contributed by atoms with van der Waals surface area (Å²) in [7, 11) is 0. The van der Waals surface area contributed by atoms with E-state index in [1.54, 1.807) is 6.20 Å². The van der Waals surface area contributed by atoms with Crippen molar-refractivity contribution < 1.29 is 4.79 Å². The molecular weight excluding hydrogens is 254 g/mol. The Morgan fingerprint density at radius 2 is 2.10 bits per heavy atom. The third kappa shape index (κ3) is 3.28. The molecule has 2 heterocycles. The lowest BCUT2D eigenvalue weighted by atomic mass is 10.0. The molecule has 2 rings (SSSR count). The summed E-state index contributed by atoms with van der Waals surface area (Å²) >= 11 is 0. The number of pyridine rings is 1. The molecule has 1 amide bonds. The molecule has 0 aliphatic carbocycles. The largest absolute Gasteiger partial charge is 0.336 e. The number of carbonyl (C=O) groups excluding carboxylic acids is 1. The van der Waals surface area contributed by atoms with Crippen molar-refractivity contribution in [3.8, 4) is 0 Å². The van der Waals surface area contributed by atoms with Gasteiger partial charge in [0.15, 0.2) is 0 Å². The van der Waals surface area contributed by atoms with Crippen LogP contribution >= 0.6 is 0 Å². The Morgan fingerprint density at radius 1 is 1.40 bits per heavy atom. The molecule has 0 saturated carbocycles. The molecule has 5 heteroatoms. The van der Waals surface area contributed by atoms with Crippen LogP contribution in [0.5, 0.6) is 0 Å². The van der Waals surface area contributed by atoms with E-state index in [4.69, 9.17) is 0 Å². The maximum atomic E-state index is 12.7. The van der Waals surface area contributed by atoms with Gasteiger partial charge in [-0.05, 0) is 44.8 Å². The number of nitrogens with one attached hydrogen (secondary N) is 2. The van der Waals surface area contributed by atoms with Gasteiger partial charge in [-0.25, -0.2) is 0 Å². The minimum atomic E-state index is -0.164. The Morgan fingerprint density at radius 3 is 2.70 bits per heavy atom. The monoisotopic (exact) mass is 277 g/mol. The summed E-state index contributed by atoms with van der Waals surface area (Å²) < 4.78 is 0. The van der Waals surface area contributed by atoms with E-state index < -0.39 is 0 Å². The Labute approximate surface area is 119 Å². The number of amides is 1. The van der Waals surface area contributed by atoms with Crippen molar-refractivity contribution in [1.29, 1.82) is 0 Å². The van der Waals surface area contributed by atoms with E-state index in [-0.39, 0.29) is 11.5 Å². The number of nitrogens with zero attached hydrogens (tertiary/aromatic N) is 1. The summed E-state index contributed by atoms with van der Waals surface area (Å²) in [5, 5.41) is 3.32. The summed E-state index contributed by atoms with van der Waals surface area (Å²) in [5.74, 6) is 0.0347. The van der Waals surface area contributed by atoms with Crippen molar-refractivity contribution in [2.24, 2.45) is 0 Å². The molecule has 0 radical (unpaired) electrons. The third-order valence-electron chi connectivity index (χ3n) is 3.84. The molecule has 20 heavy (non-hydrogen) atoms. The van der Waals surface area contributed by atoms with Gasteiger partial charge in [-0.3, -0.25) is 9.59 Å². The highest BCUT2D eigenvalue weighted by atomic mass is 16.2. The molecule has 1 aromatic rings. The maximum Gasteiger partial charge on any atom is 0.255 e. The predicted molar refractivity (Wildman–Crippen MR) is 79.0 cm³/mol. The number of hydrogen-bond donors (Lipinski definition) is 2. The molecule has 0 bridgehead atoms. The van der Waals surface area contributed by atoms with Gasteiger partial charge >= 0.3 is 0 Å². The molecule has 1 fully saturated rings. The average Bonchev–Trinajstić information content (AvgIpc) is 2.45. The lowest BCUT2D eigenvalue weighted by Crippen LogP contribution is -2.46. The van der Waals surface area contributed by atoms with Gasteiger partial charge in [-0.1, -0.05) is 6.92 Å². The molecule has 1 saturated heterocycles. The fourth-order valence-electron chi connectivity index (χ4n) is 2.77. The zero-order valence-electron chi connectivity index (χ0n) is 12.2. The number of aromatic amines is 1. The molecule has 110 valence electrons. The highest BCUT2D eigenvalue weighted by Crippen LogP contribution is 2.17. The minimum absolute atomic E-state index is 0.0347. The van der Waals surface area contributed by atoms with Crippen molar-refractivity contribution in [3.63, 3.8) is 0 Å². The van der Waals surface area contributed by atoms with Crippen LogP contribution in [0.3, 0.4) is 0 Å². The smallest absolute Gasteiger partial charge is 0.255 e. The Kier molecular flexibility index (Phi) is 4.95. The van der Waals surface area contributed by atoms with E-state index in [0.717, 1.165) is 44.5 Å². The molecule has 0 aromatic carbocycles. The summed E-state index contributed by atoms with van der Waals surface area (Å²) in [6, 6.07) is 1.79. The van der Waals surface area contributed by atoms with Crippen LogP contribution in [0.2, 0.25) is 0 Å². The molecular formula is C15H23N3O2. The lowest BCUT2D eigenvalue weighted by molar-refractivity contribution is 0.0641. The summed E-state index contributed by atoms with van der Waals surface area (Å²) in [4.78, 5) is 28.6. The van der Waals surface area contributed by atoms with Crippen LogP contribution in [0.25, 0.3) is 0 Å². The second-order valence-electron chi connectivity index (χ2n) is 5.37. The predicted octanol–water partition coefficient (Wildman–Crippen LogP) is 1.29. The van der Waals surface area contributed by atoms with Gasteiger partial charge < -0.3 is 15.2 Å². The van der Waals surface area contributed by atoms with Gasteiger partial charge in [0.2, 0.25) is 5.56 Å². The molecule has 5 nitrogen and oxygen atoms in total. The quantitative estimate of drug-likeness (QED) is 0.871. The highest BCUT2D eigenvalue weighted by molar-refractivity contribution is 5.95. The van der Waals surface area contributed by atoms with Crippen LogP contribution in [0, 0.1) is 6.92 Å². The molecule has 1 aliphatic heterocycles. The second kappa shape index (κ2) is 6.70. The first kappa shape index (κ1) is 14.8. The first-order valence-electron chi connectivity index (χ1n) is 7.34. The van der Waals surface area contributed by atoms with Crippen molar-refractivity contribution in [3.05, 3.63) is 33.7 Å². The second-order valence-corrected chi connectivity index (χ2v) is 5.37. The first-order chi connectivity index (χ1) is 9.63. The minimum Gasteiger partial charge on any atom is -0.336 e. The van der Waals surface area contributed by atoms with Gasteiger partial charge in [-0.2, -0.15) is 0 Å². The fraction of sp³-hybridized carbons (Fsp3) is 0.600. The number of aromatic nitrogens is 1. The van der Waals surface area contributed by atoms with E-state index in [1.807, 2.05) is 11.8 Å².